The molecule has 124 valence electrons. The maximum absolute atomic E-state index is 13.1. The lowest BCUT2D eigenvalue weighted by Gasteiger charge is -2.34. The van der Waals surface area contributed by atoms with Crippen molar-refractivity contribution in [2.24, 2.45) is 0 Å². The van der Waals surface area contributed by atoms with Gasteiger partial charge in [0.2, 0.25) is 0 Å². The Morgan fingerprint density at radius 2 is 1.87 bits per heavy atom. The van der Waals surface area contributed by atoms with Crippen LogP contribution in [0.1, 0.15) is 12.0 Å². The highest BCUT2D eigenvalue weighted by Gasteiger charge is 2.33. The molecule has 1 saturated heterocycles. The van der Waals surface area contributed by atoms with Crippen LogP contribution in [0.25, 0.3) is 0 Å². The van der Waals surface area contributed by atoms with Crippen LogP contribution < -0.4 is 10.6 Å². The van der Waals surface area contributed by atoms with Crippen LogP contribution >= 0.6 is 0 Å². The van der Waals surface area contributed by atoms with Crippen LogP contribution in [0.3, 0.4) is 0 Å². The second-order valence-corrected chi connectivity index (χ2v) is 5.78. The number of anilines is 1. The predicted octanol–water partition coefficient (Wildman–Crippen LogP) is 3.23. The molecule has 1 fully saturated rings. The molecule has 0 radical (unpaired) electrons. The molecule has 1 atom stereocenters. The van der Waals surface area contributed by atoms with Gasteiger partial charge in [0.15, 0.2) is 0 Å². The van der Waals surface area contributed by atoms with Gasteiger partial charge in [0.1, 0.15) is 0 Å². The van der Waals surface area contributed by atoms with E-state index in [-0.39, 0.29) is 11.7 Å². The number of nitrogens with zero attached hydrogens (tertiary/aromatic N) is 1. The monoisotopic (exact) mass is 323 g/mol. The van der Waals surface area contributed by atoms with Crippen molar-refractivity contribution in [2.45, 2.75) is 18.6 Å². The minimum Gasteiger partial charge on any atom is -0.378 e. The zero-order valence-corrected chi connectivity index (χ0v) is 12.7. The summed E-state index contributed by atoms with van der Waals surface area (Å²) in [5.74, 6) is 0. The van der Waals surface area contributed by atoms with Crippen molar-refractivity contribution in [3.05, 3.63) is 53.8 Å². The van der Waals surface area contributed by atoms with Crippen molar-refractivity contribution in [2.75, 3.05) is 31.5 Å². The number of rotatable bonds is 3. The molecule has 1 heterocycles. The lowest BCUT2D eigenvalue weighted by Crippen LogP contribution is -2.43. The summed E-state index contributed by atoms with van der Waals surface area (Å²) in [6.45, 7) is 3.75. The summed E-state index contributed by atoms with van der Waals surface area (Å²) in [5.41, 5.74) is 0.693. The summed E-state index contributed by atoms with van der Waals surface area (Å²) in [6.07, 6.45) is 2.24. The summed E-state index contributed by atoms with van der Waals surface area (Å²) in [6, 6.07) is 5.50. The fourth-order valence-corrected chi connectivity index (χ4v) is 3.00. The SMILES string of the molecule is FC(F)(F)c1ccccc1NC1C=CC=C(N2CCNCC2)C1. The molecule has 3 rings (SSSR count). The Hall–Kier alpha value is -1.95. The van der Waals surface area contributed by atoms with E-state index in [1.165, 1.54) is 17.8 Å². The number of nitrogens with one attached hydrogen (secondary N) is 2. The van der Waals surface area contributed by atoms with Crippen molar-refractivity contribution < 1.29 is 13.2 Å². The van der Waals surface area contributed by atoms with Crippen LogP contribution in [-0.4, -0.2) is 37.1 Å². The Balaban J connectivity index is 1.70. The zero-order valence-electron chi connectivity index (χ0n) is 12.7. The van der Waals surface area contributed by atoms with Gasteiger partial charge in [0.25, 0.3) is 0 Å². The van der Waals surface area contributed by atoms with Crippen LogP contribution in [0.5, 0.6) is 0 Å². The van der Waals surface area contributed by atoms with Gasteiger partial charge in [-0.1, -0.05) is 24.3 Å². The number of piperazine rings is 1. The van der Waals surface area contributed by atoms with Crippen molar-refractivity contribution in [1.29, 1.82) is 0 Å². The molecule has 0 saturated carbocycles. The number of halogens is 3. The molecule has 0 amide bonds. The highest BCUT2D eigenvalue weighted by molar-refractivity contribution is 5.54. The number of para-hydroxylation sites is 1. The van der Waals surface area contributed by atoms with Crippen LogP contribution in [-0.2, 0) is 6.18 Å². The third-order valence-corrected chi connectivity index (χ3v) is 4.16. The van der Waals surface area contributed by atoms with Gasteiger partial charge in [-0.2, -0.15) is 13.2 Å². The molecule has 1 aliphatic heterocycles. The second-order valence-electron chi connectivity index (χ2n) is 5.78. The smallest absolute Gasteiger partial charge is 0.378 e. The molecule has 6 heteroatoms. The summed E-state index contributed by atoms with van der Waals surface area (Å²) in [5, 5.41) is 6.34. The van der Waals surface area contributed by atoms with Gasteiger partial charge in [-0.25, -0.2) is 0 Å². The average Bonchev–Trinajstić information content (AvgIpc) is 2.55. The molecule has 2 aliphatic rings. The molecule has 0 spiro atoms. The number of hydrogen-bond donors (Lipinski definition) is 2. The van der Waals surface area contributed by atoms with Gasteiger partial charge in [-0.15, -0.1) is 0 Å². The minimum absolute atomic E-state index is 0.131. The normalized spacial score (nSPS) is 22.0. The van der Waals surface area contributed by atoms with Gasteiger partial charge in [-0.3, -0.25) is 0 Å². The molecular formula is C17H20F3N3. The molecule has 1 aromatic rings. The Morgan fingerprint density at radius 3 is 2.61 bits per heavy atom. The minimum atomic E-state index is -4.35. The molecule has 0 bridgehead atoms. The zero-order chi connectivity index (χ0) is 16.3. The van der Waals surface area contributed by atoms with E-state index in [0.29, 0.717) is 6.42 Å². The van der Waals surface area contributed by atoms with Gasteiger partial charge >= 0.3 is 6.18 Å². The maximum Gasteiger partial charge on any atom is 0.418 e. The Bertz CT molecular complexity index is 601. The summed E-state index contributed by atoms with van der Waals surface area (Å²) >= 11 is 0. The Kier molecular flexibility index (Phi) is 4.61. The molecular weight excluding hydrogens is 303 g/mol. The average molecular weight is 323 g/mol. The predicted molar refractivity (Wildman–Crippen MR) is 85.1 cm³/mol. The van der Waals surface area contributed by atoms with E-state index < -0.39 is 11.7 Å². The van der Waals surface area contributed by atoms with E-state index in [4.69, 9.17) is 0 Å². The first kappa shape index (κ1) is 15.9. The van der Waals surface area contributed by atoms with E-state index >= 15 is 0 Å². The lowest BCUT2D eigenvalue weighted by atomic mass is 10.0. The number of benzene rings is 1. The van der Waals surface area contributed by atoms with Gasteiger partial charge in [0.05, 0.1) is 11.6 Å². The Morgan fingerprint density at radius 1 is 1.13 bits per heavy atom. The Labute approximate surface area is 133 Å². The molecule has 1 aromatic carbocycles. The fraction of sp³-hybridized carbons (Fsp3) is 0.412. The van der Waals surface area contributed by atoms with Crippen molar-refractivity contribution in [1.82, 2.24) is 10.2 Å². The molecule has 2 N–H and O–H groups in total. The number of alkyl halides is 3. The molecule has 23 heavy (non-hydrogen) atoms. The highest BCUT2D eigenvalue weighted by Crippen LogP contribution is 2.35. The first-order valence-electron chi connectivity index (χ1n) is 7.80. The van der Waals surface area contributed by atoms with Crippen LogP contribution in [0, 0.1) is 0 Å². The number of hydrogen-bond acceptors (Lipinski definition) is 3. The van der Waals surface area contributed by atoms with Gasteiger partial charge < -0.3 is 15.5 Å². The van der Waals surface area contributed by atoms with Gasteiger partial charge in [-0.05, 0) is 18.2 Å². The van der Waals surface area contributed by atoms with E-state index in [2.05, 4.69) is 21.6 Å². The first-order valence-corrected chi connectivity index (χ1v) is 7.80. The second kappa shape index (κ2) is 6.66. The van der Waals surface area contributed by atoms with Crippen LogP contribution in [0.15, 0.2) is 48.2 Å². The lowest BCUT2D eigenvalue weighted by molar-refractivity contribution is -0.137. The number of allylic oxidation sites excluding steroid dienone is 2. The van der Waals surface area contributed by atoms with Crippen molar-refractivity contribution >= 4 is 5.69 Å². The van der Waals surface area contributed by atoms with E-state index in [0.717, 1.165) is 32.2 Å². The fourth-order valence-electron chi connectivity index (χ4n) is 3.00. The third-order valence-electron chi connectivity index (χ3n) is 4.16. The summed E-state index contributed by atoms with van der Waals surface area (Å²) in [7, 11) is 0. The highest BCUT2D eigenvalue weighted by atomic mass is 19.4. The van der Waals surface area contributed by atoms with Crippen LogP contribution in [0.2, 0.25) is 0 Å². The van der Waals surface area contributed by atoms with Crippen molar-refractivity contribution in [3.8, 4) is 0 Å². The quantitative estimate of drug-likeness (QED) is 0.894. The van der Waals surface area contributed by atoms with E-state index in [1.807, 2.05) is 12.2 Å². The maximum atomic E-state index is 13.1. The molecule has 3 nitrogen and oxygen atoms in total. The largest absolute Gasteiger partial charge is 0.418 e. The van der Waals surface area contributed by atoms with Crippen LogP contribution in [0.4, 0.5) is 18.9 Å². The first-order chi connectivity index (χ1) is 11.0. The molecule has 1 aliphatic carbocycles. The van der Waals surface area contributed by atoms with Crippen molar-refractivity contribution in [3.63, 3.8) is 0 Å². The summed E-state index contributed by atoms with van der Waals surface area (Å²) in [4.78, 5) is 2.30. The van der Waals surface area contributed by atoms with E-state index in [9.17, 15) is 13.2 Å². The molecule has 0 aromatic heterocycles. The summed E-state index contributed by atoms with van der Waals surface area (Å²) < 4.78 is 39.3. The molecule has 1 unspecified atom stereocenters. The third kappa shape index (κ3) is 3.88. The van der Waals surface area contributed by atoms with E-state index in [1.54, 1.807) is 6.07 Å². The standard InChI is InChI=1S/C17H20F3N3/c18-17(19,20)15-6-1-2-7-16(15)22-13-4-3-5-14(12-13)23-10-8-21-9-11-23/h1-7,13,21-22H,8-12H2. The van der Waals surface area contributed by atoms with Gasteiger partial charge in [0, 0.05) is 44.0 Å². The topological polar surface area (TPSA) is 27.3 Å².